The van der Waals surface area contributed by atoms with E-state index in [4.69, 9.17) is 4.74 Å². The SMILES string of the molecule is CCCCCCOc1ccc(NC(=O)CN(CC)CC)cc1.Cl. The summed E-state index contributed by atoms with van der Waals surface area (Å²) in [5.41, 5.74) is 0.815. The lowest BCUT2D eigenvalue weighted by Crippen LogP contribution is -2.32. The predicted molar refractivity (Wildman–Crippen MR) is 99.7 cm³/mol. The highest BCUT2D eigenvalue weighted by atomic mass is 35.5. The third-order valence-corrected chi connectivity index (χ3v) is 3.67. The van der Waals surface area contributed by atoms with Crippen LogP contribution in [-0.2, 0) is 4.79 Å². The zero-order valence-corrected chi connectivity index (χ0v) is 15.5. The Morgan fingerprint density at radius 2 is 1.70 bits per heavy atom. The van der Waals surface area contributed by atoms with Gasteiger partial charge in [-0.1, -0.05) is 40.0 Å². The van der Waals surface area contributed by atoms with Crippen molar-refractivity contribution in [3.63, 3.8) is 0 Å². The summed E-state index contributed by atoms with van der Waals surface area (Å²) in [6.45, 7) is 9.28. The summed E-state index contributed by atoms with van der Waals surface area (Å²) in [4.78, 5) is 14.0. The minimum atomic E-state index is 0. The third kappa shape index (κ3) is 9.47. The van der Waals surface area contributed by atoms with Gasteiger partial charge in [-0.2, -0.15) is 0 Å². The van der Waals surface area contributed by atoms with Gasteiger partial charge in [0.15, 0.2) is 0 Å². The number of nitrogens with zero attached hydrogens (tertiary/aromatic N) is 1. The maximum absolute atomic E-state index is 11.9. The molecule has 1 rings (SSSR count). The quantitative estimate of drug-likeness (QED) is 0.608. The first kappa shape index (κ1) is 21.7. The largest absolute Gasteiger partial charge is 0.494 e. The average molecular weight is 343 g/mol. The maximum atomic E-state index is 11.9. The topological polar surface area (TPSA) is 41.6 Å². The molecule has 132 valence electrons. The summed E-state index contributed by atoms with van der Waals surface area (Å²) in [5, 5.41) is 2.92. The molecular formula is C18H31ClN2O2. The van der Waals surface area contributed by atoms with Crippen LogP contribution in [0.4, 0.5) is 5.69 Å². The van der Waals surface area contributed by atoms with Crippen molar-refractivity contribution in [2.45, 2.75) is 46.5 Å². The van der Waals surface area contributed by atoms with Gasteiger partial charge in [0, 0.05) is 5.69 Å². The normalized spacial score (nSPS) is 10.3. The number of hydrogen-bond donors (Lipinski definition) is 1. The fraction of sp³-hybridized carbons (Fsp3) is 0.611. The number of anilines is 1. The molecule has 0 aromatic heterocycles. The number of likely N-dealkylation sites (N-methyl/N-ethyl adjacent to an activating group) is 1. The van der Waals surface area contributed by atoms with Crippen molar-refractivity contribution in [2.24, 2.45) is 0 Å². The molecule has 4 nitrogen and oxygen atoms in total. The summed E-state index contributed by atoms with van der Waals surface area (Å²) < 4.78 is 5.69. The summed E-state index contributed by atoms with van der Waals surface area (Å²) in [5.74, 6) is 0.884. The smallest absolute Gasteiger partial charge is 0.238 e. The number of nitrogens with one attached hydrogen (secondary N) is 1. The molecule has 0 radical (unpaired) electrons. The number of benzene rings is 1. The van der Waals surface area contributed by atoms with Crippen LogP contribution in [0.5, 0.6) is 5.75 Å². The molecule has 1 N–H and O–H groups in total. The average Bonchev–Trinajstić information content (AvgIpc) is 2.54. The Hall–Kier alpha value is -1.26. The number of hydrogen-bond acceptors (Lipinski definition) is 3. The van der Waals surface area contributed by atoms with E-state index in [2.05, 4.69) is 31.0 Å². The van der Waals surface area contributed by atoms with Crippen LogP contribution in [0.1, 0.15) is 46.5 Å². The van der Waals surface area contributed by atoms with Gasteiger partial charge < -0.3 is 10.1 Å². The minimum Gasteiger partial charge on any atom is -0.494 e. The van der Waals surface area contributed by atoms with Crippen LogP contribution in [-0.4, -0.2) is 37.0 Å². The molecule has 0 aliphatic heterocycles. The van der Waals surface area contributed by atoms with E-state index in [1.807, 2.05) is 24.3 Å². The zero-order valence-electron chi connectivity index (χ0n) is 14.6. The van der Waals surface area contributed by atoms with E-state index in [1.165, 1.54) is 19.3 Å². The molecule has 0 heterocycles. The monoisotopic (exact) mass is 342 g/mol. The van der Waals surface area contributed by atoms with Gasteiger partial charge in [-0.05, 0) is 43.8 Å². The molecule has 0 saturated carbocycles. The van der Waals surface area contributed by atoms with Gasteiger partial charge in [-0.25, -0.2) is 0 Å². The highest BCUT2D eigenvalue weighted by Gasteiger charge is 2.07. The Labute approximate surface area is 147 Å². The standard InChI is InChI=1S/C18H30N2O2.ClH/c1-4-7-8-9-14-22-17-12-10-16(11-13-17)19-18(21)15-20(5-2)6-3;/h10-13H,4-9,14-15H2,1-3H3,(H,19,21);1H. The molecule has 1 aromatic carbocycles. The highest BCUT2D eigenvalue weighted by Crippen LogP contribution is 2.16. The number of amides is 1. The fourth-order valence-electron chi connectivity index (χ4n) is 2.20. The summed E-state index contributed by atoms with van der Waals surface area (Å²) >= 11 is 0. The van der Waals surface area contributed by atoms with E-state index in [0.29, 0.717) is 6.54 Å². The molecule has 5 heteroatoms. The lowest BCUT2D eigenvalue weighted by atomic mass is 10.2. The molecule has 0 spiro atoms. The first-order valence-electron chi connectivity index (χ1n) is 8.44. The summed E-state index contributed by atoms with van der Waals surface area (Å²) in [7, 11) is 0. The van der Waals surface area contributed by atoms with Crippen LogP contribution >= 0.6 is 12.4 Å². The van der Waals surface area contributed by atoms with Crippen LogP contribution < -0.4 is 10.1 Å². The molecule has 1 amide bonds. The highest BCUT2D eigenvalue weighted by molar-refractivity contribution is 5.92. The van der Waals surface area contributed by atoms with E-state index >= 15 is 0 Å². The van der Waals surface area contributed by atoms with Gasteiger partial charge in [0.05, 0.1) is 13.2 Å². The van der Waals surface area contributed by atoms with E-state index in [9.17, 15) is 4.79 Å². The molecule has 0 aliphatic carbocycles. The second-order valence-electron chi connectivity index (χ2n) is 5.44. The molecule has 1 aromatic rings. The minimum absolute atomic E-state index is 0. The van der Waals surface area contributed by atoms with E-state index in [0.717, 1.165) is 37.6 Å². The van der Waals surface area contributed by atoms with Crippen molar-refractivity contribution in [1.29, 1.82) is 0 Å². The molecule has 23 heavy (non-hydrogen) atoms. The van der Waals surface area contributed by atoms with Gasteiger partial charge in [0.1, 0.15) is 5.75 Å². The molecule has 0 unspecified atom stereocenters. The van der Waals surface area contributed by atoms with Crippen LogP contribution in [0.3, 0.4) is 0 Å². The van der Waals surface area contributed by atoms with Gasteiger partial charge in [0.2, 0.25) is 5.91 Å². The number of unbranched alkanes of at least 4 members (excludes halogenated alkanes) is 3. The second kappa shape index (κ2) is 13.2. The number of rotatable bonds is 11. The lowest BCUT2D eigenvalue weighted by molar-refractivity contribution is -0.117. The number of carbonyl (C=O) groups excluding carboxylic acids is 1. The van der Waals surface area contributed by atoms with Crippen LogP contribution in [0.2, 0.25) is 0 Å². The van der Waals surface area contributed by atoms with Crippen molar-refractivity contribution in [3.8, 4) is 5.75 Å². The summed E-state index contributed by atoms with van der Waals surface area (Å²) in [6.07, 6.45) is 4.81. The van der Waals surface area contributed by atoms with E-state index in [1.54, 1.807) is 0 Å². The fourth-order valence-corrected chi connectivity index (χ4v) is 2.20. The molecule has 0 bridgehead atoms. The Morgan fingerprint density at radius 3 is 2.26 bits per heavy atom. The van der Waals surface area contributed by atoms with Gasteiger partial charge in [-0.15, -0.1) is 12.4 Å². The second-order valence-corrected chi connectivity index (χ2v) is 5.44. The van der Waals surface area contributed by atoms with E-state index in [-0.39, 0.29) is 18.3 Å². The Morgan fingerprint density at radius 1 is 1.04 bits per heavy atom. The number of carbonyl (C=O) groups is 1. The lowest BCUT2D eigenvalue weighted by Gasteiger charge is -2.17. The first-order chi connectivity index (χ1) is 10.7. The van der Waals surface area contributed by atoms with Crippen molar-refractivity contribution in [1.82, 2.24) is 4.90 Å². The van der Waals surface area contributed by atoms with Crippen molar-refractivity contribution >= 4 is 24.0 Å². The Kier molecular flexibility index (Phi) is 12.5. The number of ether oxygens (including phenoxy) is 1. The molecule has 0 aliphatic rings. The zero-order chi connectivity index (χ0) is 16.2. The van der Waals surface area contributed by atoms with E-state index < -0.39 is 0 Å². The van der Waals surface area contributed by atoms with Gasteiger partial charge >= 0.3 is 0 Å². The summed E-state index contributed by atoms with van der Waals surface area (Å²) in [6, 6.07) is 7.60. The van der Waals surface area contributed by atoms with Crippen LogP contribution in [0, 0.1) is 0 Å². The van der Waals surface area contributed by atoms with Crippen molar-refractivity contribution in [2.75, 3.05) is 31.6 Å². The number of halogens is 1. The third-order valence-electron chi connectivity index (χ3n) is 3.67. The molecule has 0 atom stereocenters. The first-order valence-corrected chi connectivity index (χ1v) is 8.44. The molecule has 0 fully saturated rings. The Bertz CT molecular complexity index is 420. The maximum Gasteiger partial charge on any atom is 0.238 e. The van der Waals surface area contributed by atoms with Crippen molar-refractivity contribution < 1.29 is 9.53 Å². The van der Waals surface area contributed by atoms with Crippen LogP contribution in [0.15, 0.2) is 24.3 Å². The Balaban J connectivity index is 0.00000484. The predicted octanol–water partition coefficient (Wildman–Crippen LogP) is 4.35. The molecular weight excluding hydrogens is 312 g/mol. The van der Waals surface area contributed by atoms with Gasteiger partial charge in [0.25, 0.3) is 0 Å². The van der Waals surface area contributed by atoms with Crippen LogP contribution in [0.25, 0.3) is 0 Å². The van der Waals surface area contributed by atoms with Gasteiger partial charge in [-0.3, -0.25) is 9.69 Å². The molecule has 0 saturated heterocycles. The van der Waals surface area contributed by atoms with Crippen molar-refractivity contribution in [3.05, 3.63) is 24.3 Å².